The van der Waals surface area contributed by atoms with Crippen molar-refractivity contribution in [1.29, 1.82) is 0 Å². The van der Waals surface area contributed by atoms with Crippen LogP contribution in [0.15, 0.2) is 194 Å². The molecule has 2 amide bonds. The summed E-state index contributed by atoms with van der Waals surface area (Å²) in [5.41, 5.74) is 34.7. The number of aromatic nitrogens is 4. The van der Waals surface area contributed by atoms with E-state index in [0.29, 0.717) is 17.2 Å². The third-order valence-electron chi connectivity index (χ3n) is 27.0. The van der Waals surface area contributed by atoms with Crippen molar-refractivity contribution in [2.24, 2.45) is 5.73 Å². The number of ether oxygens (including phenoxy) is 5. The second kappa shape index (κ2) is 49.8. The molecule has 27 heteroatoms. The summed E-state index contributed by atoms with van der Waals surface area (Å²) in [5, 5.41) is 8.47. The van der Waals surface area contributed by atoms with Crippen LogP contribution >= 0.6 is 46.4 Å². The molecule has 5 saturated heterocycles. The Kier molecular flexibility index (Phi) is 37.1. The van der Waals surface area contributed by atoms with E-state index >= 15 is 0 Å². The van der Waals surface area contributed by atoms with Gasteiger partial charge < -0.3 is 84.1 Å². The van der Waals surface area contributed by atoms with E-state index in [2.05, 4.69) is 226 Å². The molecule has 0 aliphatic carbocycles. The van der Waals surface area contributed by atoms with Gasteiger partial charge in [-0.15, -0.1) is 34.8 Å². The third-order valence-corrected chi connectivity index (χ3v) is 27.9. The molecule has 730 valence electrons. The first-order valence-corrected chi connectivity index (χ1v) is 50.3. The van der Waals surface area contributed by atoms with Crippen LogP contribution in [0.2, 0.25) is 0 Å². The lowest BCUT2D eigenvalue weighted by atomic mass is 9.86. The summed E-state index contributed by atoms with van der Waals surface area (Å²) in [7, 11) is 0. The first-order valence-electron chi connectivity index (χ1n) is 48.3. The molecule has 4 aromatic heterocycles. The number of nitrogens with two attached hydrogens (primary N) is 1. The monoisotopic (exact) mass is 1950 g/mol. The topological polar surface area (TPSA) is 252 Å². The number of carbonyl (C=O) groups excluding carboxylic acids is 5. The average Bonchev–Trinajstić information content (AvgIpc) is 1.59. The largest absolute Gasteiger partial charge is 0.381 e. The van der Waals surface area contributed by atoms with Gasteiger partial charge in [-0.2, -0.15) is 0 Å². The van der Waals surface area contributed by atoms with Crippen LogP contribution in [0.5, 0.6) is 0 Å². The maximum Gasteiger partial charge on any atom is 0.238 e. The Morgan fingerprint density at radius 2 is 0.775 bits per heavy atom. The van der Waals surface area contributed by atoms with E-state index < -0.39 is 5.24 Å². The molecule has 13 aromatic rings. The van der Waals surface area contributed by atoms with Crippen LogP contribution in [0.4, 0.5) is 27.1 Å². The predicted molar refractivity (Wildman–Crippen MR) is 559 cm³/mol. The van der Waals surface area contributed by atoms with Crippen LogP contribution in [0.25, 0.3) is 43.6 Å². The standard InChI is InChI=1S/2C25H28ClN3O2.C23H27N3O.C12H15NO2.C11H14N2.C8H7FO.C5H10O.C2H2Cl2O/c2*1-16-13-18(28-9-11-31-12-10-28)7-8-19(16)25-24-21(14-17(2)29(25)23(30)15-26)20-5-3-4-6-22(20)27-24;1-15-13-17(26-9-11-27-12-10-26)7-8-18(15)22-23-20(14-16(2)24-22)19-5-3-4-6-21(19)25-23;1-10-8-12(3-2-11(10)9-14)13-4-6-15-7-5-13;1-8(12)6-9-7-13-11-5-3-2-4-10(9)11;1-6-4-8(9)3-2-7(6)5-10;1-2-4-6-5-3-1;3-1-2(4)5/h2*3-8,13,17,25,27H,9-12,14-15H2,1-2H3;3-8,13,16,22,24-25H,9-12,14H2,1-2H3;2-3,8-9H,4-7H2,1H3;2-5,7-8,13H,6,12H2,1H3;2-5H,1H3;1-5H2;1H2/t17-,25+;17-,25-;16-,22?;;8-;;;/m000.0.../s1. The third kappa shape index (κ3) is 25.5. The number of halogens is 5. The second-order valence-corrected chi connectivity index (χ2v) is 37.9. The van der Waals surface area contributed by atoms with Crippen molar-refractivity contribution in [3.8, 4) is 0 Å². The molecule has 7 atom stereocenters. The quantitative estimate of drug-likeness (QED) is 0.0336. The molecule has 12 heterocycles. The lowest BCUT2D eigenvalue weighted by molar-refractivity contribution is -0.133. The van der Waals surface area contributed by atoms with E-state index in [4.69, 9.17) is 75.8 Å². The molecule has 0 saturated carbocycles. The molecule has 5 fully saturated rings. The molecule has 7 N–H and O–H groups in total. The SMILES string of the molecule is C1CCOCC1.C[C@H](N)Cc1c[nH]c2ccccc12.Cc1cc(F)ccc1C=O.Cc1cc(N2CCOCC2)ccc1C1N[C@@H](C)Cc2c1[nH]c1ccccc21.Cc1cc(N2CCOCC2)ccc1C=O.Cc1cc(N2CCOCC2)ccc1[C@@H]1c2[nH]c3ccccc3c2C[C@H](C)N1C(=O)CCl.Cc1cc(N2CCOCC2)ccc1[C@H]1c2[nH]c3ccccc3c2C[C@H](C)N1C(=O)CCl.O=C(Cl)CCl. The van der Waals surface area contributed by atoms with Gasteiger partial charge in [0, 0.05) is 191 Å². The molecule has 9 aromatic carbocycles. The van der Waals surface area contributed by atoms with Gasteiger partial charge in [0.2, 0.25) is 17.1 Å². The number of amides is 2. The summed E-state index contributed by atoms with van der Waals surface area (Å²) in [6.45, 7) is 34.4. The van der Waals surface area contributed by atoms with Crippen LogP contribution in [0, 0.1) is 40.4 Å². The molecule has 8 aliphatic rings. The van der Waals surface area contributed by atoms with Gasteiger partial charge in [0.15, 0.2) is 0 Å². The number of para-hydroxylation sites is 4. The fourth-order valence-corrected chi connectivity index (χ4v) is 20.3. The summed E-state index contributed by atoms with van der Waals surface area (Å²) in [5.74, 6) is -0.479. The van der Waals surface area contributed by atoms with Crippen molar-refractivity contribution >= 4 is 142 Å². The number of nitrogens with zero attached hydrogens (tertiary/aromatic N) is 6. The van der Waals surface area contributed by atoms with Crippen molar-refractivity contribution in [2.45, 2.75) is 150 Å². The van der Waals surface area contributed by atoms with Crippen LogP contribution in [0.3, 0.4) is 0 Å². The minimum Gasteiger partial charge on any atom is -0.381 e. The lowest BCUT2D eigenvalue weighted by Crippen LogP contribution is -2.47. The van der Waals surface area contributed by atoms with E-state index in [1.807, 2.05) is 60.2 Å². The number of rotatable bonds is 14. The van der Waals surface area contributed by atoms with E-state index in [1.54, 1.807) is 6.92 Å². The lowest BCUT2D eigenvalue weighted by Gasteiger charge is -2.41. The van der Waals surface area contributed by atoms with Crippen molar-refractivity contribution in [3.63, 3.8) is 0 Å². The normalized spacial score (nSPS) is 19.1. The van der Waals surface area contributed by atoms with E-state index in [9.17, 15) is 28.4 Å². The minimum atomic E-state index is -0.508. The maximum absolute atomic E-state index is 13.0. The number of carbonyl (C=O) groups is 5. The van der Waals surface area contributed by atoms with Crippen LogP contribution < -0.4 is 30.7 Å². The van der Waals surface area contributed by atoms with Gasteiger partial charge in [-0.25, -0.2) is 4.39 Å². The highest BCUT2D eigenvalue weighted by Gasteiger charge is 2.42. The highest BCUT2D eigenvalue weighted by atomic mass is 35.5. The van der Waals surface area contributed by atoms with E-state index in [0.717, 1.165) is 201 Å². The minimum absolute atomic E-state index is 0.0126. The van der Waals surface area contributed by atoms with Crippen molar-refractivity contribution in [2.75, 3.05) is 156 Å². The summed E-state index contributed by atoms with van der Waals surface area (Å²) >= 11 is 21.7. The van der Waals surface area contributed by atoms with Gasteiger partial charge in [-0.1, -0.05) is 91.0 Å². The zero-order valence-electron chi connectivity index (χ0n) is 80.7. The van der Waals surface area contributed by atoms with Gasteiger partial charge in [-0.3, -0.25) is 24.0 Å². The van der Waals surface area contributed by atoms with Gasteiger partial charge in [-0.05, 0) is 283 Å². The summed E-state index contributed by atoms with van der Waals surface area (Å²) < 4.78 is 39.2. The molecule has 138 heavy (non-hydrogen) atoms. The number of benzene rings is 9. The van der Waals surface area contributed by atoms with Gasteiger partial charge >= 0.3 is 0 Å². The zero-order valence-corrected chi connectivity index (χ0v) is 83.7. The molecule has 8 aliphatic heterocycles. The fraction of sp³-hybridized carbons (Fsp3) is 0.396. The Labute approximate surface area is 830 Å². The Hall–Kier alpha value is -10.9. The molecule has 0 bridgehead atoms. The molecule has 0 spiro atoms. The van der Waals surface area contributed by atoms with Crippen molar-refractivity contribution in [1.82, 2.24) is 35.1 Å². The molecule has 21 rings (SSSR count). The Morgan fingerprint density at radius 3 is 1.13 bits per heavy atom. The fourth-order valence-electron chi connectivity index (χ4n) is 20.0. The van der Waals surface area contributed by atoms with Gasteiger partial charge in [0.1, 0.15) is 30.1 Å². The Bertz CT molecular complexity index is 6080. The molecular weight excluding hydrogens is 1820 g/mol. The van der Waals surface area contributed by atoms with Crippen LogP contribution in [-0.4, -0.2) is 220 Å². The van der Waals surface area contributed by atoms with Gasteiger partial charge in [0.05, 0.1) is 76.9 Å². The number of aryl methyl sites for hydroxylation is 5. The first-order chi connectivity index (χ1) is 66.9. The number of hydrogen-bond donors (Lipinski definition) is 6. The number of aromatic amines is 4. The average molecular weight is 1950 g/mol. The molecule has 0 radical (unpaired) electrons. The summed E-state index contributed by atoms with van der Waals surface area (Å²) in [6, 6.07) is 64.7. The molecule has 1 unspecified atom stereocenters. The van der Waals surface area contributed by atoms with Crippen molar-refractivity contribution in [3.05, 3.63) is 295 Å². The zero-order chi connectivity index (χ0) is 97.5. The smallest absolute Gasteiger partial charge is 0.238 e. The number of anilines is 4. The summed E-state index contributed by atoms with van der Waals surface area (Å²) in [6.07, 6.45) is 11.2. The van der Waals surface area contributed by atoms with E-state index in [1.165, 1.54) is 143 Å². The molecular formula is C111H131Cl4FN12O10. The first kappa shape index (κ1) is 103. The number of fused-ring (bicyclic) bond motifs is 10. The number of aldehydes is 2. The van der Waals surface area contributed by atoms with Crippen LogP contribution in [0.1, 0.15) is 170 Å². The van der Waals surface area contributed by atoms with Crippen molar-refractivity contribution < 1.29 is 52.0 Å². The molecule has 22 nitrogen and oxygen atoms in total. The number of H-pyrrole nitrogens is 4. The van der Waals surface area contributed by atoms with Crippen LogP contribution in [-0.2, 0) is 63.8 Å². The second-order valence-electron chi connectivity index (χ2n) is 36.7. The predicted octanol–water partition coefficient (Wildman–Crippen LogP) is 20.6. The number of alkyl halides is 3. The highest BCUT2D eigenvalue weighted by Crippen LogP contribution is 2.46. The summed E-state index contributed by atoms with van der Waals surface area (Å²) in [4.78, 5) is 83.9. The van der Waals surface area contributed by atoms with Gasteiger partial charge in [0.25, 0.3) is 0 Å². The maximum atomic E-state index is 13.0. The number of hydrogen-bond acceptors (Lipinski definition) is 16. The Balaban J connectivity index is 0.000000134. The van der Waals surface area contributed by atoms with E-state index in [-0.39, 0.29) is 71.5 Å². The number of morpholine rings is 4. The highest BCUT2D eigenvalue weighted by molar-refractivity contribution is 6.67. The Morgan fingerprint density at radius 1 is 0.428 bits per heavy atom. The number of nitrogens with one attached hydrogen (secondary N) is 5.